The Hall–Kier alpha value is -2.66. The molecule has 0 radical (unpaired) electrons. The number of carboxylic acids is 1. The molecular weight excluding hydrogens is 316 g/mol. The molecule has 0 amide bonds. The molecule has 128 valence electrons. The van der Waals surface area contributed by atoms with E-state index < -0.39 is 5.97 Å². The summed E-state index contributed by atoms with van der Waals surface area (Å²) >= 11 is 0. The molecule has 1 saturated heterocycles. The van der Waals surface area contributed by atoms with Crippen molar-refractivity contribution in [3.63, 3.8) is 0 Å². The first-order chi connectivity index (χ1) is 12.1. The Morgan fingerprint density at radius 2 is 2.00 bits per heavy atom. The number of ether oxygens (including phenoxy) is 1. The summed E-state index contributed by atoms with van der Waals surface area (Å²) < 4.78 is 5.41. The second-order valence-electron chi connectivity index (χ2n) is 6.45. The van der Waals surface area contributed by atoms with Gasteiger partial charge >= 0.3 is 5.97 Å². The summed E-state index contributed by atoms with van der Waals surface area (Å²) in [5.74, 6) is -0.929. The maximum Gasteiger partial charge on any atom is 0.337 e. The molecule has 0 spiro atoms. The fourth-order valence-corrected chi connectivity index (χ4v) is 3.54. The molecule has 0 saturated carbocycles. The first-order valence-electron chi connectivity index (χ1n) is 8.50. The van der Waals surface area contributed by atoms with E-state index >= 15 is 0 Å². The lowest BCUT2D eigenvalue weighted by Gasteiger charge is -2.29. The van der Waals surface area contributed by atoms with E-state index in [-0.39, 0.29) is 5.56 Å². The van der Waals surface area contributed by atoms with Crippen LogP contribution in [0.1, 0.15) is 27.0 Å². The van der Waals surface area contributed by atoms with Crippen molar-refractivity contribution in [3.05, 3.63) is 58.7 Å². The van der Waals surface area contributed by atoms with Gasteiger partial charge in [0.05, 0.1) is 30.2 Å². The number of aliphatic imine (C=N–C) groups is 1. The van der Waals surface area contributed by atoms with Crippen molar-refractivity contribution in [2.45, 2.75) is 13.3 Å². The van der Waals surface area contributed by atoms with Crippen molar-refractivity contribution in [3.8, 4) is 0 Å². The summed E-state index contributed by atoms with van der Waals surface area (Å²) in [7, 11) is 0. The van der Waals surface area contributed by atoms with Crippen LogP contribution in [-0.2, 0) is 11.2 Å². The van der Waals surface area contributed by atoms with Crippen LogP contribution in [0.3, 0.4) is 0 Å². The number of hydrogen-bond acceptors (Lipinski definition) is 4. The summed E-state index contributed by atoms with van der Waals surface area (Å²) in [5, 5.41) is 9.36. The van der Waals surface area contributed by atoms with Gasteiger partial charge in [0, 0.05) is 25.2 Å². The highest BCUT2D eigenvalue weighted by molar-refractivity contribution is 6.10. The number of carboxylic acid groups (broad SMARTS) is 1. The smallest absolute Gasteiger partial charge is 0.337 e. The molecule has 2 aliphatic rings. The minimum atomic E-state index is -0.929. The summed E-state index contributed by atoms with van der Waals surface area (Å²) in [6.07, 6.45) is 0.675. The Labute approximate surface area is 146 Å². The maximum absolute atomic E-state index is 11.4. The number of morpholine rings is 1. The predicted molar refractivity (Wildman–Crippen MR) is 97.5 cm³/mol. The molecule has 0 bridgehead atoms. The fourth-order valence-electron chi connectivity index (χ4n) is 3.54. The molecule has 0 unspecified atom stereocenters. The third-order valence-corrected chi connectivity index (χ3v) is 4.85. The van der Waals surface area contributed by atoms with Gasteiger partial charge in [-0.15, -0.1) is 0 Å². The highest BCUT2D eigenvalue weighted by Crippen LogP contribution is 2.33. The van der Waals surface area contributed by atoms with E-state index in [0.717, 1.165) is 48.7 Å². The van der Waals surface area contributed by atoms with Gasteiger partial charge in [0.1, 0.15) is 0 Å². The Morgan fingerprint density at radius 3 is 2.72 bits per heavy atom. The Bertz CT molecular complexity index is 867. The SMILES string of the molecule is Cc1cc(N2CCOCC2)ccc1C1=Nc2c(cccc2C(=O)O)C1. The van der Waals surface area contributed by atoms with Gasteiger partial charge in [0.15, 0.2) is 0 Å². The zero-order chi connectivity index (χ0) is 17.4. The van der Waals surface area contributed by atoms with Crippen LogP contribution in [0.5, 0.6) is 0 Å². The van der Waals surface area contributed by atoms with Crippen LogP contribution < -0.4 is 4.90 Å². The van der Waals surface area contributed by atoms with E-state index in [9.17, 15) is 9.90 Å². The van der Waals surface area contributed by atoms with Crippen molar-refractivity contribution in [1.29, 1.82) is 0 Å². The molecule has 0 aliphatic carbocycles. The molecule has 0 aromatic heterocycles. The van der Waals surface area contributed by atoms with Gasteiger partial charge in [-0.2, -0.15) is 0 Å². The average molecular weight is 336 g/mol. The molecule has 2 heterocycles. The first kappa shape index (κ1) is 15.8. The van der Waals surface area contributed by atoms with Gasteiger partial charge in [-0.05, 0) is 41.8 Å². The lowest BCUT2D eigenvalue weighted by Crippen LogP contribution is -2.36. The van der Waals surface area contributed by atoms with E-state index in [1.807, 2.05) is 6.07 Å². The number of aryl methyl sites for hydroxylation is 1. The van der Waals surface area contributed by atoms with Crippen LogP contribution in [0.15, 0.2) is 41.4 Å². The number of aromatic carboxylic acids is 1. The maximum atomic E-state index is 11.4. The largest absolute Gasteiger partial charge is 0.478 e. The molecule has 2 aromatic rings. The van der Waals surface area contributed by atoms with Gasteiger partial charge in [0.25, 0.3) is 0 Å². The van der Waals surface area contributed by atoms with E-state index in [4.69, 9.17) is 4.74 Å². The number of rotatable bonds is 3. The summed E-state index contributed by atoms with van der Waals surface area (Å²) in [4.78, 5) is 18.4. The van der Waals surface area contributed by atoms with Crippen LogP contribution in [0, 0.1) is 6.92 Å². The van der Waals surface area contributed by atoms with E-state index in [0.29, 0.717) is 12.1 Å². The monoisotopic (exact) mass is 336 g/mol. The Morgan fingerprint density at radius 1 is 1.20 bits per heavy atom. The molecule has 25 heavy (non-hydrogen) atoms. The second kappa shape index (κ2) is 6.33. The van der Waals surface area contributed by atoms with Gasteiger partial charge < -0.3 is 14.7 Å². The minimum Gasteiger partial charge on any atom is -0.478 e. The molecule has 2 aromatic carbocycles. The number of fused-ring (bicyclic) bond motifs is 1. The number of anilines is 1. The summed E-state index contributed by atoms with van der Waals surface area (Å²) in [6.45, 7) is 5.44. The zero-order valence-electron chi connectivity index (χ0n) is 14.2. The first-order valence-corrected chi connectivity index (χ1v) is 8.50. The van der Waals surface area contributed by atoms with Crippen molar-refractivity contribution >= 4 is 23.1 Å². The van der Waals surface area contributed by atoms with Crippen LogP contribution in [0.2, 0.25) is 0 Å². The second-order valence-corrected chi connectivity index (χ2v) is 6.45. The van der Waals surface area contributed by atoms with Gasteiger partial charge in [-0.25, -0.2) is 4.79 Å². The van der Waals surface area contributed by atoms with E-state index in [2.05, 4.69) is 35.0 Å². The highest BCUT2D eigenvalue weighted by Gasteiger charge is 2.23. The van der Waals surface area contributed by atoms with Gasteiger partial charge in [0.2, 0.25) is 0 Å². The molecule has 5 heteroatoms. The van der Waals surface area contributed by atoms with Crippen molar-refractivity contribution in [2.75, 3.05) is 31.2 Å². The molecular formula is C20H20N2O3. The molecule has 1 N–H and O–H groups in total. The molecule has 5 nitrogen and oxygen atoms in total. The van der Waals surface area contributed by atoms with Crippen molar-refractivity contribution in [1.82, 2.24) is 0 Å². The van der Waals surface area contributed by atoms with Crippen molar-refractivity contribution in [2.24, 2.45) is 4.99 Å². The normalized spacial score (nSPS) is 16.5. The lowest BCUT2D eigenvalue weighted by molar-refractivity contribution is 0.0698. The third kappa shape index (κ3) is 2.91. The standard InChI is InChI=1S/C20H20N2O3/c1-13-11-15(22-7-9-25-10-8-22)5-6-16(13)18-12-14-3-2-4-17(20(23)24)19(14)21-18/h2-6,11H,7-10,12H2,1H3,(H,23,24). The van der Waals surface area contributed by atoms with E-state index in [1.54, 1.807) is 12.1 Å². The predicted octanol–water partition coefficient (Wildman–Crippen LogP) is 3.21. The molecule has 2 aliphatic heterocycles. The molecule has 1 fully saturated rings. The number of hydrogen-bond donors (Lipinski definition) is 1. The van der Waals surface area contributed by atoms with Crippen LogP contribution in [0.25, 0.3) is 0 Å². The van der Waals surface area contributed by atoms with Crippen LogP contribution in [0.4, 0.5) is 11.4 Å². The van der Waals surface area contributed by atoms with Crippen LogP contribution in [-0.4, -0.2) is 43.1 Å². The summed E-state index contributed by atoms with van der Waals surface area (Å²) in [6, 6.07) is 11.8. The lowest BCUT2D eigenvalue weighted by atomic mass is 9.98. The Balaban J connectivity index is 1.65. The number of carbonyl (C=O) groups is 1. The molecule has 0 atom stereocenters. The molecule has 4 rings (SSSR count). The van der Waals surface area contributed by atoms with E-state index in [1.165, 1.54) is 5.69 Å². The minimum absolute atomic E-state index is 0.273. The fraction of sp³-hybridized carbons (Fsp3) is 0.300. The highest BCUT2D eigenvalue weighted by atomic mass is 16.5. The average Bonchev–Trinajstić information content (AvgIpc) is 3.06. The quantitative estimate of drug-likeness (QED) is 0.935. The topological polar surface area (TPSA) is 62.1 Å². The third-order valence-electron chi connectivity index (χ3n) is 4.85. The number of para-hydroxylation sites is 1. The number of benzene rings is 2. The van der Waals surface area contributed by atoms with Gasteiger partial charge in [-0.1, -0.05) is 18.2 Å². The van der Waals surface area contributed by atoms with Gasteiger partial charge in [-0.3, -0.25) is 4.99 Å². The van der Waals surface area contributed by atoms with Crippen LogP contribution >= 0.6 is 0 Å². The number of nitrogens with zero attached hydrogens (tertiary/aromatic N) is 2. The summed E-state index contributed by atoms with van der Waals surface area (Å²) in [5.41, 5.74) is 6.24. The Kier molecular flexibility index (Phi) is 4.01. The zero-order valence-corrected chi connectivity index (χ0v) is 14.2. The van der Waals surface area contributed by atoms with Crippen molar-refractivity contribution < 1.29 is 14.6 Å².